The Bertz CT molecular complexity index is 950. The molecule has 7 heteroatoms. The van der Waals surface area contributed by atoms with E-state index in [9.17, 15) is 4.39 Å². The van der Waals surface area contributed by atoms with Crippen LogP contribution in [0.3, 0.4) is 0 Å². The maximum absolute atomic E-state index is 13.5. The number of hydrogen-bond acceptors (Lipinski definition) is 2. The molecule has 26 heavy (non-hydrogen) atoms. The van der Waals surface area contributed by atoms with Gasteiger partial charge in [-0.3, -0.25) is 4.98 Å². The number of aromatic nitrogens is 1. The Balaban J connectivity index is 1.72. The van der Waals surface area contributed by atoms with Crippen LogP contribution in [0.4, 0.5) is 10.1 Å². The molecule has 3 rings (SSSR count). The fourth-order valence-corrected chi connectivity index (χ4v) is 2.95. The largest absolute Gasteiger partial charge is 0.358 e. The number of nitrogens with one attached hydrogen (secondary N) is 2. The van der Waals surface area contributed by atoms with Crippen LogP contribution in [0.5, 0.6) is 0 Å². The predicted octanol–water partition coefficient (Wildman–Crippen LogP) is 5.68. The van der Waals surface area contributed by atoms with Crippen LogP contribution in [0.15, 0.2) is 60.8 Å². The Kier molecular flexibility index (Phi) is 6.04. The standard InChI is InChI=1S/C19H14Cl2FN3S/c20-15-7-2-8-16(17(15)21)25-19(26)24-11-13-5-3-9-23-18(13)12-4-1-6-14(22)10-12/h1-10H,11H2,(H2,24,25,26). The summed E-state index contributed by atoms with van der Waals surface area (Å²) in [6.07, 6.45) is 1.67. The van der Waals surface area contributed by atoms with E-state index < -0.39 is 0 Å². The topological polar surface area (TPSA) is 37.0 Å². The molecule has 1 aromatic heterocycles. The molecule has 0 aliphatic rings. The van der Waals surface area contributed by atoms with E-state index in [1.165, 1.54) is 12.1 Å². The van der Waals surface area contributed by atoms with Gasteiger partial charge in [0.1, 0.15) is 5.82 Å². The van der Waals surface area contributed by atoms with E-state index in [1.54, 1.807) is 30.5 Å². The molecule has 3 aromatic rings. The molecular formula is C19H14Cl2FN3S. The van der Waals surface area contributed by atoms with Crippen LogP contribution in [-0.2, 0) is 6.54 Å². The molecule has 0 spiro atoms. The van der Waals surface area contributed by atoms with Gasteiger partial charge in [-0.2, -0.15) is 0 Å². The van der Waals surface area contributed by atoms with E-state index >= 15 is 0 Å². The second kappa shape index (κ2) is 8.45. The van der Waals surface area contributed by atoms with Crippen LogP contribution < -0.4 is 10.6 Å². The van der Waals surface area contributed by atoms with Gasteiger partial charge in [-0.05, 0) is 48.1 Å². The van der Waals surface area contributed by atoms with E-state index in [0.29, 0.717) is 38.6 Å². The highest BCUT2D eigenvalue weighted by molar-refractivity contribution is 7.80. The maximum atomic E-state index is 13.5. The highest BCUT2D eigenvalue weighted by Crippen LogP contribution is 2.29. The minimum absolute atomic E-state index is 0.306. The summed E-state index contributed by atoms with van der Waals surface area (Å²) in [7, 11) is 0. The highest BCUT2D eigenvalue weighted by Gasteiger charge is 2.09. The zero-order valence-corrected chi connectivity index (χ0v) is 15.8. The van der Waals surface area contributed by atoms with Gasteiger partial charge in [0, 0.05) is 18.3 Å². The summed E-state index contributed by atoms with van der Waals surface area (Å²) < 4.78 is 13.5. The first-order valence-corrected chi connectivity index (χ1v) is 8.89. The molecule has 0 unspecified atom stereocenters. The van der Waals surface area contributed by atoms with Crippen molar-refractivity contribution in [3.63, 3.8) is 0 Å². The van der Waals surface area contributed by atoms with Crippen molar-refractivity contribution in [1.82, 2.24) is 10.3 Å². The third-order valence-corrected chi connectivity index (χ3v) is 4.69. The summed E-state index contributed by atoms with van der Waals surface area (Å²) in [6, 6.07) is 15.3. The molecule has 132 valence electrons. The number of rotatable bonds is 4. The van der Waals surface area contributed by atoms with Crippen molar-refractivity contribution in [2.45, 2.75) is 6.54 Å². The Morgan fingerprint density at radius 3 is 2.69 bits per heavy atom. The second-order valence-corrected chi connectivity index (χ2v) is 6.62. The summed E-state index contributed by atoms with van der Waals surface area (Å²) in [6.45, 7) is 0.420. The van der Waals surface area contributed by atoms with Gasteiger partial charge in [0.15, 0.2) is 5.11 Å². The lowest BCUT2D eigenvalue weighted by Gasteiger charge is -2.14. The molecule has 0 atom stereocenters. The van der Waals surface area contributed by atoms with Gasteiger partial charge in [0.25, 0.3) is 0 Å². The molecule has 0 aliphatic heterocycles. The second-order valence-electron chi connectivity index (χ2n) is 5.43. The van der Waals surface area contributed by atoms with Crippen LogP contribution in [0.2, 0.25) is 10.0 Å². The fourth-order valence-electron chi connectivity index (χ4n) is 2.42. The van der Waals surface area contributed by atoms with Gasteiger partial charge in [-0.25, -0.2) is 4.39 Å². The fraction of sp³-hybridized carbons (Fsp3) is 0.0526. The van der Waals surface area contributed by atoms with E-state index in [2.05, 4.69) is 15.6 Å². The molecule has 0 radical (unpaired) electrons. The summed E-state index contributed by atoms with van der Waals surface area (Å²) in [5.74, 6) is -0.306. The number of nitrogens with zero attached hydrogens (tertiary/aromatic N) is 1. The minimum atomic E-state index is -0.306. The number of benzene rings is 2. The predicted molar refractivity (Wildman–Crippen MR) is 109 cm³/mol. The lowest BCUT2D eigenvalue weighted by molar-refractivity contribution is 0.628. The summed E-state index contributed by atoms with van der Waals surface area (Å²) in [4.78, 5) is 4.37. The normalized spacial score (nSPS) is 10.4. The zero-order valence-electron chi connectivity index (χ0n) is 13.5. The number of anilines is 1. The Morgan fingerprint density at radius 1 is 1.08 bits per heavy atom. The molecule has 0 bridgehead atoms. The van der Waals surface area contributed by atoms with Crippen molar-refractivity contribution in [1.29, 1.82) is 0 Å². The van der Waals surface area contributed by atoms with Crippen molar-refractivity contribution in [3.05, 3.63) is 82.2 Å². The van der Waals surface area contributed by atoms with Crippen molar-refractivity contribution >= 4 is 46.2 Å². The van der Waals surface area contributed by atoms with Gasteiger partial charge in [0.05, 0.1) is 21.4 Å². The molecule has 0 saturated carbocycles. The van der Waals surface area contributed by atoms with E-state index in [0.717, 1.165) is 5.56 Å². The quantitative estimate of drug-likeness (QED) is 0.547. The van der Waals surface area contributed by atoms with Gasteiger partial charge in [-0.1, -0.05) is 47.5 Å². The van der Waals surface area contributed by atoms with Crippen molar-refractivity contribution in [3.8, 4) is 11.3 Å². The Labute approximate surface area is 166 Å². The smallest absolute Gasteiger partial charge is 0.171 e. The summed E-state index contributed by atoms with van der Waals surface area (Å²) in [5.41, 5.74) is 2.91. The average molecular weight is 406 g/mol. The van der Waals surface area contributed by atoms with Crippen molar-refractivity contribution in [2.24, 2.45) is 0 Å². The molecular weight excluding hydrogens is 392 g/mol. The van der Waals surface area contributed by atoms with Gasteiger partial charge >= 0.3 is 0 Å². The van der Waals surface area contributed by atoms with Crippen LogP contribution >= 0.6 is 35.4 Å². The molecule has 0 aliphatic carbocycles. The maximum Gasteiger partial charge on any atom is 0.171 e. The third kappa shape index (κ3) is 4.49. The first-order chi connectivity index (χ1) is 12.5. The van der Waals surface area contributed by atoms with E-state index in [1.807, 2.05) is 18.2 Å². The number of halogens is 3. The molecule has 0 amide bonds. The lowest BCUT2D eigenvalue weighted by Crippen LogP contribution is -2.28. The van der Waals surface area contributed by atoms with Gasteiger partial charge in [0.2, 0.25) is 0 Å². The molecule has 0 fully saturated rings. The molecule has 0 saturated heterocycles. The molecule has 3 nitrogen and oxygen atoms in total. The Morgan fingerprint density at radius 2 is 1.88 bits per heavy atom. The average Bonchev–Trinajstić information content (AvgIpc) is 2.64. The van der Waals surface area contributed by atoms with E-state index in [4.69, 9.17) is 35.4 Å². The molecule has 1 heterocycles. The van der Waals surface area contributed by atoms with Gasteiger partial charge in [-0.15, -0.1) is 0 Å². The SMILES string of the molecule is Fc1cccc(-c2ncccc2CNC(=S)Nc2cccc(Cl)c2Cl)c1. The number of hydrogen-bond donors (Lipinski definition) is 2. The van der Waals surface area contributed by atoms with Gasteiger partial charge < -0.3 is 10.6 Å². The number of thiocarbonyl (C=S) groups is 1. The monoisotopic (exact) mass is 405 g/mol. The number of pyridine rings is 1. The highest BCUT2D eigenvalue weighted by atomic mass is 35.5. The zero-order chi connectivity index (χ0) is 18.5. The first-order valence-electron chi connectivity index (χ1n) is 7.73. The van der Waals surface area contributed by atoms with Crippen LogP contribution in [0.1, 0.15) is 5.56 Å². The van der Waals surface area contributed by atoms with E-state index in [-0.39, 0.29) is 5.82 Å². The van der Waals surface area contributed by atoms with Crippen molar-refractivity contribution in [2.75, 3.05) is 5.32 Å². The van der Waals surface area contributed by atoms with Crippen molar-refractivity contribution < 1.29 is 4.39 Å². The van der Waals surface area contributed by atoms with Crippen LogP contribution in [0, 0.1) is 5.82 Å². The third-order valence-electron chi connectivity index (χ3n) is 3.63. The minimum Gasteiger partial charge on any atom is -0.358 e. The Hall–Kier alpha value is -2.21. The molecule has 2 N–H and O–H groups in total. The molecule has 2 aromatic carbocycles. The van der Waals surface area contributed by atoms with Crippen LogP contribution in [-0.4, -0.2) is 10.1 Å². The lowest BCUT2D eigenvalue weighted by atomic mass is 10.1. The first kappa shape index (κ1) is 18.6. The van der Waals surface area contributed by atoms with Crippen LogP contribution in [0.25, 0.3) is 11.3 Å². The summed E-state index contributed by atoms with van der Waals surface area (Å²) in [5, 5.41) is 7.36. The summed E-state index contributed by atoms with van der Waals surface area (Å²) >= 11 is 17.5.